The highest BCUT2D eigenvalue weighted by atomic mass is 16.6. The Morgan fingerprint density at radius 3 is 0.939 bits per heavy atom. The molecule has 0 bridgehead atoms. The molecule has 530 valence electrons. The number of benzene rings is 8. The maximum Gasteiger partial charge on any atom is 0.338 e. The van der Waals surface area contributed by atoms with Crippen LogP contribution in [0.1, 0.15) is 180 Å². The molecule has 8 aromatic rings. The summed E-state index contributed by atoms with van der Waals surface area (Å²) in [5.41, 5.74) is 6.79. The predicted molar refractivity (Wildman–Crippen MR) is 389 cm³/mol. The van der Waals surface area contributed by atoms with Crippen molar-refractivity contribution in [2.75, 3.05) is 52.9 Å². The van der Waals surface area contributed by atoms with E-state index in [1.165, 1.54) is 51.4 Å². The molecule has 99 heavy (non-hydrogen) atoms. The number of hydrogen-bond donors (Lipinski definition) is 1. The summed E-state index contributed by atoms with van der Waals surface area (Å²) >= 11 is 0. The molecule has 0 radical (unpaired) electrons. The van der Waals surface area contributed by atoms with E-state index in [9.17, 15) is 4.79 Å². The minimum absolute atomic E-state index is 0.0656. The number of aliphatic hydroxyl groups excluding tert-OH is 1. The van der Waals surface area contributed by atoms with E-state index >= 15 is 0 Å². The van der Waals surface area contributed by atoms with Gasteiger partial charge in [0.25, 0.3) is 0 Å². The summed E-state index contributed by atoms with van der Waals surface area (Å²) in [5.74, 6) is 6.82. The minimum Gasteiger partial charge on any atom is -0.494 e. The first-order chi connectivity index (χ1) is 48.8. The quantitative estimate of drug-likeness (QED) is 0.0283. The van der Waals surface area contributed by atoms with Crippen molar-refractivity contribution in [2.24, 2.45) is 0 Å². The predicted octanol–water partition coefficient (Wildman–Crippen LogP) is 19.7. The standard InChI is InChI=1S/C84H104O15/c1-5-9-13-17-46-88-73-33-21-65(22-34-73)58-96-80-43-29-69(55-82(80)98-60-67-25-37-75(38-26-67)90-48-19-15-11-7-3)62-94-78-53-71(64-93-77-41-31-72(32-42-77)84(86)92-52-51-87-50-45-85)54-79(57-78)95-63-70-30-44-81(97-59-66-23-35-74(36-24-66)89-47-18-14-10-6-2)83(56-70)99-61-68-27-39-76(40-28-68)91-49-20-16-12-8-4/h21-44,53-57,85H,5-20,45-52,58-64H2,1-4H3. The lowest BCUT2D eigenvalue weighted by Gasteiger charge is -2.17. The van der Waals surface area contributed by atoms with E-state index in [1.54, 1.807) is 24.3 Å². The molecule has 8 rings (SSSR count). The summed E-state index contributed by atoms with van der Waals surface area (Å²) in [6.07, 6.45) is 18.3. The van der Waals surface area contributed by atoms with Crippen LogP contribution in [0.4, 0.5) is 0 Å². The van der Waals surface area contributed by atoms with Crippen molar-refractivity contribution in [1.82, 2.24) is 0 Å². The summed E-state index contributed by atoms with van der Waals surface area (Å²) in [5, 5.41) is 9.00. The Labute approximate surface area is 587 Å². The lowest BCUT2D eigenvalue weighted by molar-refractivity contribution is 0.0258. The molecule has 8 aromatic carbocycles. The highest BCUT2D eigenvalue weighted by Gasteiger charge is 2.15. The van der Waals surface area contributed by atoms with Crippen molar-refractivity contribution in [1.29, 1.82) is 0 Å². The van der Waals surface area contributed by atoms with E-state index in [2.05, 4.69) is 27.7 Å². The number of aliphatic hydroxyl groups is 1. The van der Waals surface area contributed by atoms with Crippen LogP contribution in [-0.4, -0.2) is 63.9 Å². The van der Waals surface area contributed by atoms with Gasteiger partial charge < -0.3 is 66.7 Å². The van der Waals surface area contributed by atoms with Crippen molar-refractivity contribution in [3.8, 4) is 63.2 Å². The molecule has 0 spiro atoms. The van der Waals surface area contributed by atoms with Gasteiger partial charge >= 0.3 is 5.97 Å². The first-order valence-electron chi connectivity index (χ1n) is 35.9. The molecule has 0 atom stereocenters. The van der Waals surface area contributed by atoms with Crippen LogP contribution in [0.3, 0.4) is 0 Å². The van der Waals surface area contributed by atoms with Crippen LogP contribution in [0.5, 0.6) is 63.2 Å². The average molecular weight is 1350 g/mol. The molecule has 0 aliphatic carbocycles. The van der Waals surface area contributed by atoms with Gasteiger partial charge in [0.15, 0.2) is 23.0 Å². The SMILES string of the molecule is CCCCCCOc1ccc(COc2ccc(COc3cc(COc4ccc(C(=O)OCCOCCO)cc4)cc(OCc4ccc(OCc5ccc(OCCCCCC)cc5)c(OCc5ccc(OCCCCCC)cc5)c4)c3)cc2OCc2ccc(OCCCCCC)cc2)cc1. The molecule has 0 saturated heterocycles. The molecule has 0 unspecified atom stereocenters. The number of rotatable bonds is 51. The van der Waals surface area contributed by atoms with Crippen LogP contribution < -0.4 is 52.1 Å². The Bertz CT molecular complexity index is 3310. The molecule has 0 aliphatic rings. The van der Waals surface area contributed by atoms with Crippen molar-refractivity contribution >= 4 is 5.97 Å². The third-order valence-electron chi connectivity index (χ3n) is 16.3. The number of carbonyl (C=O) groups excluding carboxylic acids is 1. The van der Waals surface area contributed by atoms with Gasteiger partial charge in [0.05, 0.1) is 51.8 Å². The number of ether oxygens (including phenoxy) is 13. The second kappa shape index (κ2) is 44.8. The van der Waals surface area contributed by atoms with Gasteiger partial charge in [0, 0.05) is 6.07 Å². The number of esters is 1. The molecular weight excluding hydrogens is 1250 g/mol. The van der Waals surface area contributed by atoms with Crippen molar-refractivity contribution in [2.45, 2.75) is 177 Å². The molecule has 0 aliphatic heterocycles. The smallest absolute Gasteiger partial charge is 0.338 e. The van der Waals surface area contributed by atoms with Crippen molar-refractivity contribution in [3.63, 3.8) is 0 Å². The van der Waals surface area contributed by atoms with Crippen LogP contribution in [-0.2, 0) is 55.7 Å². The molecule has 1 N–H and O–H groups in total. The number of hydrogen-bond acceptors (Lipinski definition) is 15. The topological polar surface area (TPSA) is 157 Å². The van der Waals surface area contributed by atoms with Gasteiger partial charge in [-0.2, -0.15) is 0 Å². The monoisotopic (exact) mass is 1350 g/mol. The maximum atomic E-state index is 12.8. The highest BCUT2D eigenvalue weighted by Crippen LogP contribution is 2.35. The van der Waals surface area contributed by atoms with Gasteiger partial charge in [-0.1, -0.05) is 165 Å². The molecule has 0 aromatic heterocycles. The summed E-state index contributed by atoms with van der Waals surface area (Å²) in [7, 11) is 0. The second-order valence-electron chi connectivity index (χ2n) is 24.6. The first kappa shape index (κ1) is 75.7. The fourth-order valence-corrected chi connectivity index (χ4v) is 10.5. The van der Waals surface area contributed by atoms with E-state index < -0.39 is 5.97 Å². The Morgan fingerprint density at radius 2 is 0.576 bits per heavy atom. The summed E-state index contributed by atoms with van der Waals surface area (Å²) < 4.78 is 80.5. The molecule has 15 nitrogen and oxygen atoms in total. The summed E-state index contributed by atoms with van der Waals surface area (Å²) in [4.78, 5) is 12.8. The first-order valence-corrected chi connectivity index (χ1v) is 35.9. The molecular formula is C84H104O15. The fraction of sp³-hybridized carbons (Fsp3) is 0.417. The van der Waals surface area contributed by atoms with Gasteiger partial charge in [-0.05, 0) is 174 Å². The zero-order valence-corrected chi connectivity index (χ0v) is 58.8. The van der Waals surface area contributed by atoms with E-state index in [0.717, 1.165) is 113 Å². The molecule has 0 fully saturated rings. The molecule has 0 heterocycles. The zero-order valence-electron chi connectivity index (χ0n) is 58.8. The fourth-order valence-electron chi connectivity index (χ4n) is 10.5. The zero-order chi connectivity index (χ0) is 69.2. The van der Waals surface area contributed by atoms with Gasteiger partial charge in [0.2, 0.25) is 0 Å². The average Bonchev–Trinajstić information content (AvgIpc) is 0.937. The van der Waals surface area contributed by atoms with Crippen LogP contribution in [0.15, 0.2) is 176 Å². The Balaban J connectivity index is 0.996. The Hall–Kier alpha value is -9.05. The number of carbonyl (C=O) groups is 1. The molecule has 0 saturated carbocycles. The van der Waals surface area contributed by atoms with Gasteiger partial charge in [-0.25, -0.2) is 4.79 Å². The normalized spacial score (nSPS) is 11.0. The third kappa shape index (κ3) is 28.7. The lowest BCUT2D eigenvalue weighted by atomic mass is 10.1. The largest absolute Gasteiger partial charge is 0.494 e. The molecule has 0 amide bonds. The summed E-state index contributed by atoms with van der Waals surface area (Å²) in [6.45, 7) is 13.7. The third-order valence-corrected chi connectivity index (χ3v) is 16.3. The Kier molecular flexibility index (Phi) is 34.3. The van der Waals surface area contributed by atoms with Gasteiger partial charge in [-0.15, -0.1) is 0 Å². The van der Waals surface area contributed by atoms with Crippen LogP contribution in [0, 0.1) is 0 Å². The van der Waals surface area contributed by atoms with Crippen molar-refractivity contribution < 1.29 is 71.5 Å². The van der Waals surface area contributed by atoms with E-state index in [4.69, 9.17) is 66.7 Å². The molecule has 15 heteroatoms. The van der Waals surface area contributed by atoms with Crippen LogP contribution >= 0.6 is 0 Å². The summed E-state index contributed by atoms with van der Waals surface area (Å²) in [6, 6.07) is 56.4. The minimum atomic E-state index is -0.490. The van der Waals surface area contributed by atoms with Gasteiger partial charge in [0.1, 0.15) is 93.1 Å². The van der Waals surface area contributed by atoms with E-state index in [0.29, 0.717) is 98.7 Å². The Morgan fingerprint density at radius 1 is 0.263 bits per heavy atom. The second-order valence-corrected chi connectivity index (χ2v) is 24.6. The van der Waals surface area contributed by atoms with E-state index in [1.807, 2.05) is 152 Å². The van der Waals surface area contributed by atoms with Crippen LogP contribution in [0.2, 0.25) is 0 Å². The van der Waals surface area contributed by atoms with Crippen LogP contribution in [0.25, 0.3) is 0 Å². The maximum absolute atomic E-state index is 12.8. The van der Waals surface area contributed by atoms with E-state index in [-0.39, 0.29) is 46.2 Å². The van der Waals surface area contributed by atoms with Gasteiger partial charge in [-0.3, -0.25) is 0 Å². The lowest BCUT2D eigenvalue weighted by Crippen LogP contribution is -2.12. The highest BCUT2D eigenvalue weighted by molar-refractivity contribution is 5.89. The van der Waals surface area contributed by atoms with Crippen molar-refractivity contribution in [3.05, 3.63) is 220 Å². The number of unbranched alkanes of at least 4 members (excludes halogenated alkanes) is 12.